The monoisotopic (exact) mass is 264 g/mol. The predicted octanol–water partition coefficient (Wildman–Crippen LogP) is 1.47. The molecule has 5 heteroatoms. The van der Waals surface area contributed by atoms with Crippen molar-refractivity contribution in [1.29, 1.82) is 0 Å². The number of amides is 1. The molecule has 1 aromatic rings. The SMILES string of the molecule is CCCC(C)(NC(=O)Cc1ccncc1)C(=O)OC. The zero-order chi connectivity index (χ0) is 14.3. The summed E-state index contributed by atoms with van der Waals surface area (Å²) in [5.41, 5.74) is -0.107. The number of aromatic nitrogens is 1. The lowest BCUT2D eigenvalue weighted by Gasteiger charge is -2.27. The Hall–Kier alpha value is -1.91. The third-order valence-corrected chi connectivity index (χ3v) is 2.92. The fourth-order valence-electron chi connectivity index (χ4n) is 1.98. The highest BCUT2D eigenvalue weighted by molar-refractivity contribution is 5.88. The second-order valence-corrected chi connectivity index (χ2v) is 4.65. The van der Waals surface area contributed by atoms with Crippen LogP contribution in [-0.2, 0) is 20.7 Å². The van der Waals surface area contributed by atoms with E-state index in [1.54, 1.807) is 31.5 Å². The van der Waals surface area contributed by atoms with Crippen molar-refractivity contribution >= 4 is 11.9 Å². The molecular formula is C14H20N2O3. The Morgan fingerprint density at radius 2 is 2.00 bits per heavy atom. The molecule has 0 aliphatic carbocycles. The number of nitrogens with zero attached hydrogens (tertiary/aromatic N) is 1. The van der Waals surface area contributed by atoms with Crippen molar-refractivity contribution in [2.45, 2.75) is 38.6 Å². The van der Waals surface area contributed by atoms with Gasteiger partial charge in [0.1, 0.15) is 5.54 Å². The van der Waals surface area contributed by atoms with Gasteiger partial charge >= 0.3 is 5.97 Å². The van der Waals surface area contributed by atoms with E-state index in [0.717, 1.165) is 12.0 Å². The summed E-state index contributed by atoms with van der Waals surface area (Å²) in [7, 11) is 1.32. The van der Waals surface area contributed by atoms with Crippen LogP contribution in [0.5, 0.6) is 0 Å². The Kier molecular flexibility index (Phi) is 5.48. The van der Waals surface area contributed by atoms with Crippen LogP contribution in [0.3, 0.4) is 0 Å². The summed E-state index contributed by atoms with van der Waals surface area (Å²) in [5, 5.41) is 2.76. The fourth-order valence-corrected chi connectivity index (χ4v) is 1.98. The molecule has 1 N–H and O–H groups in total. The summed E-state index contributed by atoms with van der Waals surface area (Å²) in [4.78, 5) is 27.6. The summed E-state index contributed by atoms with van der Waals surface area (Å²) in [5.74, 6) is -0.620. The van der Waals surface area contributed by atoms with E-state index < -0.39 is 11.5 Å². The molecule has 1 heterocycles. The molecule has 0 aliphatic rings. The number of hydrogen-bond acceptors (Lipinski definition) is 4. The fraction of sp³-hybridized carbons (Fsp3) is 0.500. The van der Waals surface area contributed by atoms with Crippen molar-refractivity contribution in [2.24, 2.45) is 0 Å². The summed E-state index contributed by atoms with van der Waals surface area (Å²) < 4.78 is 4.76. The summed E-state index contributed by atoms with van der Waals surface area (Å²) >= 11 is 0. The minimum Gasteiger partial charge on any atom is -0.467 e. The Balaban J connectivity index is 2.69. The van der Waals surface area contributed by atoms with Crippen LogP contribution in [0.1, 0.15) is 32.3 Å². The summed E-state index contributed by atoms with van der Waals surface area (Å²) in [6.07, 6.45) is 4.81. The first-order valence-electron chi connectivity index (χ1n) is 6.30. The lowest BCUT2D eigenvalue weighted by atomic mass is 9.95. The van der Waals surface area contributed by atoms with E-state index in [9.17, 15) is 9.59 Å². The van der Waals surface area contributed by atoms with Gasteiger partial charge < -0.3 is 10.1 Å². The van der Waals surface area contributed by atoms with Gasteiger partial charge in [-0.1, -0.05) is 13.3 Å². The van der Waals surface area contributed by atoms with Gasteiger partial charge in [0.2, 0.25) is 5.91 Å². The van der Waals surface area contributed by atoms with Gasteiger partial charge in [0.25, 0.3) is 0 Å². The number of ether oxygens (including phenoxy) is 1. The van der Waals surface area contributed by atoms with Gasteiger partial charge in [0.15, 0.2) is 0 Å². The van der Waals surface area contributed by atoms with Crippen LogP contribution < -0.4 is 5.32 Å². The van der Waals surface area contributed by atoms with Gasteiger partial charge in [0.05, 0.1) is 13.5 Å². The number of hydrogen-bond donors (Lipinski definition) is 1. The number of esters is 1. The number of methoxy groups -OCH3 is 1. The molecule has 1 unspecified atom stereocenters. The van der Waals surface area contributed by atoms with E-state index in [4.69, 9.17) is 4.74 Å². The lowest BCUT2D eigenvalue weighted by Crippen LogP contribution is -2.53. The third-order valence-electron chi connectivity index (χ3n) is 2.92. The molecule has 0 aliphatic heterocycles. The van der Waals surface area contributed by atoms with Crippen molar-refractivity contribution < 1.29 is 14.3 Å². The van der Waals surface area contributed by atoms with Gasteiger partial charge in [0, 0.05) is 12.4 Å². The van der Waals surface area contributed by atoms with Crippen LogP contribution in [0.25, 0.3) is 0 Å². The number of rotatable bonds is 6. The first-order valence-corrected chi connectivity index (χ1v) is 6.30. The number of carbonyl (C=O) groups excluding carboxylic acids is 2. The molecule has 1 rings (SSSR count). The Morgan fingerprint density at radius 3 is 2.53 bits per heavy atom. The zero-order valence-corrected chi connectivity index (χ0v) is 11.6. The van der Waals surface area contributed by atoms with E-state index in [1.807, 2.05) is 6.92 Å². The van der Waals surface area contributed by atoms with Crippen LogP contribution in [0.15, 0.2) is 24.5 Å². The smallest absolute Gasteiger partial charge is 0.331 e. The molecule has 0 saturated heterocycles. The van der Waals surface area contributed by atoms with Crippen molar-refractivity contribution in [3.05, 3.63) is 30.1 Å². The number of pyridine rings is 1. The van der Waals surface area contributed by atoms with E-state index in [-0.39, 0.29) is 12.3 Å². The molecule has 0 spiro atoms. The standard InChI is InChI=1S/C14H20N2O3/c1-4-7-14(2,13(18)19-3)16-12(17)10-11-5-8-15-9-6-11/h5-6,8-9H,4,7,10H2,1-3H3,(H,16,17). The first-order chi connectivity index (χ1) is 9.01. The van der Waals surface area contributed by atoms with Crippen LogP contribution in [0.4, 0.5) is 0 Å². The van der Waals surface area contributed by atoms with Gasteiger partial charge in [-0.15, -0.1) is 0 Å². The van der Waals surface area contributed by atoms with E-state index in [0.29, 0.717) is 6.42 Å². The molecule has 1 atom stereocenters. The van der Waals surface area contributed by atoms with Gasteiger partial charge in [-0.05, 0) is 31.0 Å². The highest BCUT2D eigenvalue weighted by Gasteiger charge is 2.34. The van der Waals surface area contributed by atoms with Crippen molar-refractivity contribution in [3.63, 3.8) is 0 Å². The Morgan fingerprint density at radius 1 is 1.37 bits per heavy atom. The number of carbonyl (C=O) groups is 2. The van der Waals surface area contributed by atoms with Crippen LogP contribution in [0, 0.1) is 0 Å². The maximum atomic E-state index is 12.0. The van der Waals surface area contributed by atoms with Gasteiger partial charge in [-0.25, -0.2) is 4.79 Å². The van der Waals surface area contributed by atoms with E-state index in [2.05, 4.69) is 10.3 Å². The Labute approximate surface area is 113 Å². The minimum absolute atomic E-state index is 0.201. The molecule has 0 aromatic carbocycles. The molecule has 0 bridgehead atoms. The molecule has 0 radical (unpaired) electrons. The second kappa shape index (κ2) is 6.87. The quantitative estimate of drug-likeness (QED) is 0.790. The molecule has 5 nitrogen and oxygen atoms in total. The maximum absolute atomic E-state index is 12.0. The summed E-state index contributed by atoms with van der Waals surface area (Å²) in [6, 6.07) is 3.55. The number of nitrogens with one attached hydrogen (secondary N) is 1. The van der Waals surface area contributed by atoms with Crippen molar-refractivity contribution in [2.75, 3.05) is 7.11 Å². The highest BCUT2D eigenvalue weighted by atomic mass is 16.5. The second-order valence-electron chi connectivity index (χ2n) is 4.65. The Bertz CT molecular complexity index is 434. The highest BCUT2D eigenvalue weighted by Crippen LogP contribution is 2.14. The first kappa shape index (κ1) is 15.1. The molecular weight excluding hydrogens is 244 g/mol. The molecule has 1 aromatic heterocycles. The van der Waals surface area contributed by atoms with Gasteiger partial charge in [-0.2, -0.15) is 0 Å². The van der Waals surface area contributed by atoms with Crippen molar-refractivity contribution in [3.8, 4) is 0 Å². The largest absolute Gasteiger partial charge is 0.467 e. The predicted molar refractivity (Wildman–Crippen MR) is 71.4 cm³/mol. The van der Waals surface area contributed by atoms with Crippen molar-refractivity contribution in [1.82, 2.24) is 10.3 Å². The maximum Gasteiger partial charge on any atom is 0.331 e. The topological polar surface area (TPSA) is 68.3 Å². The third kappa shape index (κ3) is 4.35. The normalized spacial score (nSPS) is 13.4. The molecule has 0 saturated carbocycles. The van der Waals surface area contributed by atoms with Gasteiger partial charge in [-0.3, -0.25) is 9.78 Å². The lowest BCUT2D eigenvalue weighted by molar-refractivity contribution is -0.150. The van der Waals surface area contributed by atoms with Crippen LogP contribution in [0.2, 0.25) is 0 Å². The van der Waals surface area contributed by atoms with E-state index >= 15 is 0 Å². The molecule has 0 fully saturated rings. The molecule has 19 heavy (non-hydrogen) atoms. The van der Waals surface area contributed by atoms with E-state index in [1.165, 1.54) is 7.11 Å². The average molecular weight is 264 g/mol. The van der Waals surface area contributed by atoms with Crippen LogP contribution >= 0.6 is 0 Å². The molecule has 104 valence electrons. The molecule has 1 amide bonds. The minimum atomic E-state index is -0.965. The zero-order valence-electron chi connectivity index (χ0n) is 11.6. The van der Waals surface area contributed by atoms with Crippen LogP contribution in [-0.4, -0.2) is 29.5 Å². The average Bonchev–Trinajstić information content (AvgIpc) is 2.38. The summed E-state index contributed by atoms with van der Waals surface area (Å²) in [6.45, 7) is 3.64.